The molecule has 0 bridgehead atoms. The van der Waals surface area contributed by atoms with Gasteiger partial charge in [-0.25, -0.2) is 0 Å². The summed E-state index contributed by atoms with van der Waals surface area (Å²) < 4.78 is 0. The van der Waals surface area contributed by atoms with E-state index in [4.69, 9.17) is 5.11 Å². The van der Waals surface area contributed by atoms with E-state index in [2.05, 4.69) is 39.5 Å². The Morgan fingerprint density at radius 3 is 2.07 bits per heavy atom. The molecule has 90 valence electrons. The summed E-state index contributed by atoms with van der Waals surface area (Å²) in [5.74, 6) is -0.0523. The van der Waals surface area contributed by atoms with Gasteiger partial charge in [-0.05, 0) is 33.1 Å². The third-order valence-electron chi connectivity index (χ3n) is 2.63. The van der Waals surface area contributed by atoms with Crippen LogP contribution in [0.2, 0.25) is 0 Å². The van der Waals surface area contributed by atoms with Gasteiger partial charge < -0.3 is 5.11 Å². The van der Waals surface area contributed by atoms with Crippen LogP contribution in [0, 0.1) is 5.92 Å². The van der Waals surface area contributed by atoms with Crippen LogP contribution in [0.25, 0.3) is 0 Å². The van der Waals surface area contributed by atoms with Gasteiger partial charge in [0, 0.05) is 18.6 Å². The lowest BCUT2D eigenvalue weighted by atomic mass is 10.0. The summed E-state index contributed by atoms with van der Waals surface area (Å²) in [6.45, 7) is 11.5. The number of hydrogen-bond acceptors (Lipinski definition) is 2. The molecule has 0 saturated heterocycles. The van der Waals surface area contributed by atoms with Crippen LogP contribution in [-0.4, -0.2) is 34.6 Å². The fraction of sp³-hybridized carbons (Fsp3) is 0.917. The van der Waals surface area contributed by atoms with E-state index in [1.807, 2.05) is 0 Å². The van der Waals surface area contributed by atoms with E-state index >= 15 is 0 Å². The van der Waals surface area contributed by atoms with Crippen molar-refractivity contribution in [2.45, 2.75) is 59.5 Å². The largest absolute Gasteiger partial charge is 0.481 e. The molecular formula is C12H25NO2. The van der Waals surface area contributed by atoms with Gasteiger partial charge in [-0.3, -0.25) is 9.69 Å². The second kappa shape index (κ2) is 6.83. The van der Waals surface area contributed by atoms with Crippen LogP contribution >= 0.6 is 0 Å². The molecule has 1 unspecified atom stereocenters. The first kappa shape index (κ1) is 14.4. The Balaban J connectivity index is 4.18. The highest BCUT2D eigenvalue weighted by molar-refractivity contribution is 5.66. The van der Waals surface area contributed by atoms with E-state index in [1.165, 1.54) is 0 Å². The molecule has 1 atom stereocenters. The molecule has 0 saturated carbocycles. The lowest BCUT2D eigenvalue weighted by Gasteiger charge is -2.33. The Morgan fingerprint density at radius 2 is 1.73 bits per heavy atom. The highest BCUT2D eigenvalue weighted by Gasteiger charge is 2.18. The summed E-state index contributed by atoms with van der Waals surface area (Å²) in [7, 11) is 0. The van der Waals surface area contributed by atoms with Gasteiger partial charge in [-0.2, -0.15) is 0 Å². The maximum Gasteiger partial charge on any atom is 0.304 e. The third-order valence-corrected chi connectivity index (χ3v) is 2.63. The maximum absolute atomic E-state index is 10.5. The fourth-order valence-electron chi connectivity index (χ4n) is 2.03. The summed E-state index contributed by atoms with van der Waals surface area (Å²) in [5, 5.41) is 8.68. The Hall–Kier alpha value is -0.570. The molecule has 0 spiro atoms. The van der Waals surface area contributed by atoms with E-state index in [9.17, 15) is 4.79 Å². The Bertz CT molecular complexity index is 190. The molecule has 0 aliphatic rings. The second-order valence-electron chi connectivity index (χ2n) is 4.95. The zero-order chi connectivity index (χ0) is 12.0. The summed E-state index contributed by atoms with van der Waals surface area (Å²) in [5.41, 5.74) is 0. The van der Waals surface area contributed by atoms with Crippen LogP contribution in [-0.2, 0) is 4.79 Å². The average molecular weight is 215 g/mol. The molecule has 0 aromatic carbocycles. The Kier molecular flexibility index (Phi) is 6.57. The van der Waals surface area contributed by atoms with Crippen LogP contribution in [0.4, 0.5) is 0 Å². The summed E-state index contributed by atoms with van der Waals surface area (Å²) in [6, 6.07) is 0.877. The molecule has 0 radical (unpaired) electrons. The lowest BCUT2D eigenvalue weighted by Crippen LogP contribution is -2.40. The predicted octanol–water partition coefficient (Wildman–Crippen LogP) is 2.61. The molecule has 1 N–H and O–H groups in total. The van der Waals surface area contributed by atoms with E-state index in [0.29, 0.717) is 24.5 Å². The van der Waals surface area contributed by atoms with Crippen LogP contribution in [0.1, 0.15) is 47.5 Å². The lowest BCUT2D eigenvalue weighted by molar-refractivity contribution is -0.137. The highest BCUT2D eigenvalue weighted by Crippen LogP contribution is 2.14. The normalized spacial score (nSPS) is 13.9. The van der Waals surface area contributed by atoms with Gasteiger partial charge in [-0.15, -0.1) is 0 Å². The number of aliphatic carboxylic acids is 1. The van der Waals surface area contributed by atoms with E-state index in [1.54, 1.807) is 0 Å². The molecule has 0 rings (SSSR count). The monoisotopic (exact) mass is 215 g/mol. The molecular weight excluding hydrogens is 190 g/mol. The molecule has 0 heterocycles. The van der Waals surface area contributed by atoms with Crippen LogP contribution < -0.4 is 0 Å². The molecule has 0 aromatic heterocycles. The minimum atomic E-state index is -0.711. The van der Waals surface area contributed by atoms with Gasteiger partial charge >= 0.3 is 5.97 Å². The first-order valence-corrected chi connectivity index (χ1v) is 5.82. The quantitative estimate of drug-likeness (QED) is 0.709. The summed E-state index contributed by atoms with van der Waals surface area (Å²) in [6.07, 6.45) is 1.36. The average Bonchev–Trinajstić information content (AvgIpc) is 2.01. The highest BCUT2D eigenvalue weighted by atomic mass is 16.4. The Labute approximate surface area is 93.5 Å². The zero-order valence-electron chi connectivity index (χ0n) is 10.7. The zero-order valence-corrected chi connectivity index (χ0v) is 10.7. The molecule has 3 heteroatoms. The minimum absolute atomic E-state index is 0.237. The van der Waals surface area contributed by atoms with Gasteiger partial charge in [-0.1, -0.05) is 13.8 Å². The standard InChI is InChI=1S/C12H25NO2/c1-9(2)8-11(5)13(10(3)4)7-6-12(14)15/h9-11H,6-8H2,1-5H3,(H,14,15). The Morgan fingerprint density at radius 1 is 1.20 bits per heavy atom. The third kappa shape index (κ3) is 6.50. The first-order valence-electron chi connectivity index (χ1n) is 5.82. The molecule has 0 fully saturated rings. The smallest absolute Gasteiger partial charge is 0.304 e. The van der Waals surface area contributed by atoms with E-state index < -0.39 is 5.97 Å². The van der Waals surface area contributed by atoms with Crippen molar-refractivity contribution in [2.24, 2.45) is 5.92 Å². The van der Waals surface area contributed by atoms with Gasteiger partial charge in [0.25, 0.3) is 0 Å². The minimum Gasteiger partial charge on any atom is -0.481 e. The first-order chi connectivity index (χ1) is 6.84. The van der Waals surface area contributed by atoms with Crippen molar-refractivity contribution < 1.29 is 9.90 Å². The maximum atomic E-state index is 10.5. The SMILES string of the molecule is CC(C)CC(C)N(CCC(=O)O)C(C)C. The van der Waals surface area contributed by atoms with Crippen molar-refractivity contribution in [3.8, 4) is 0 Å². The van der Waals surface area contributed by atoms with Crippen LogP contribution in [0.5, 0.6) is 0 Å². The molecule has 0 aromatic rings. The number of nitrogens with zero attached hydrogens (tertiary/aromatic N) is 1. The van der Waals surface area contributed by atoms with Crippen molar-refractivity contribution in [3.63, 3.8) is 0 Å². The van der Waals surface area contributed by atoms with Crippen LogP contribution in [0.3, 0.4) is 0 Å². The molecule has 0 amide bonds. The number of carbonyl (C=O) groups is 1. The van der Waals surface area contributed by atoms with E-state index in [0.717, 1.165) is 6.42 Å². The number of rotatable bonds is 7. The fourth-order valence-corrected chi connectivity index (χ4v) is 2.03. The second-order valence-corrected chi connectivity index (χ2v) is 4.95. The van der Waals surface area contributed by atoms with Crippen molar-refractivity contribution in [3.05, 3.63) is 0 Å². The van der Waals surface area contributed by atoms with Crippen molar-refractivity contribution in [1.82, 2.24) is 4.90 Å². The molecule has 0 aliphatic carbocycles. The van der Waals surface area contributed by atoms with Crippen molar-refractivity contribution in [2.75, 3.05) is 6.54 Å². The van der Waals surface area contributed by atoms with Crippen molar-refractivity contribution >= 4 is 5.97 Å². The van der Waals surface area contributed by atoms with Gasteiger partial charge in [0.05, 0.1) is 6.42 Å². The molecule has 0 aliphatic heterocycles. The van der Waals surface area contributed by atoms with E-state index in [-0.39, 0.29) is 6.42 Å². The summed E-state index contributed by atoms with van der Waals surface area (Å²) in [4.78, 5) is 12.8. The molecule has 3 nitrogen and oxygen atoms in total. The topological polar surface area (TPSA) is 40.5 Å². The number of hydrogen-bond donors (Lipinski definition) is 1. The van der Waals surface area contributed by atoms with Crippen LogP contribution in [0.15, 0.2) is 0 Å². The molecule has 15 heavy (non-hydrogen) atoms. The van der Waals surface area contributed by atoms with Crippen molar-refractivity contribution in [1.29, 1.82) is 0 Å². The van der Waals surface area contributed by atoms with Gasteiger partial charge in [0.2, 0.25) is 0 Å². The summed E-state index contributed by atoms with van der Waals surface area (Å²) >= 11 is 0. The number of carboxylic acids is 1. The van der Waals surface area contributed by atoms with Gasteiger partial charge in [0.15, 0.2) is 0 Å². The predicted molar refractivity (Wildman–Crippen MR) is 63.0 cm³/mol. The van der Waals surface area contributed by atoms with Gasteiger partial charge in [0.1, 0.15) is 0 Å². The number of carboxylic acid groups (broad SMARTS) is 1.